The third kappa shape index (κ3) is 4.25. The van der Waals surface area contributed by atoms with Crippen LogP contribution in [0.4, 0.5) is 5.95 Å². The fourth-order valence-corrected chi connectivity index (χ4v) is 1.30. The minimum Gasteiger partial charge on any atom is -0.481 e. The van der Waals surface area contributed by atoms with Crippen molar-refractivity contribution in [2.24, 2.45) is 0 Å². The standard InChI is InChI=1S/C11H16N4O2/c1-16-9-8-15(7-3-5-12)11-13-6-4-10(14-11)17-2/h4,6H,3,7-9H2,1-2H3. The Kier molecular flexibility index (Phi) is 5.75. The SMILES string of the molecule is COCCN(CCC#N)c1nccc(OC)n1. The average Bonchev–Trinajstić information content (AvgIpc) is 2.39. The summed E-state index contributed by atoms with van der Waals surface area (Å²) in [6, 6.07) is 3.79. The minimum absolute atomic E-state index is 0.421. The normalized spacial score (nSPS) is 9.71. The second-order valence-corrected chi connectivity index (χ2v) is 3.29. The Labute approximate surface area is 101 Å². The summed E-state index contributed by atoms with van der Waals surface area (Å²) in [7, 11) is 3.19. The molecule has 6 heteroatoms. The summed E-state index contributed by atoms with van der Waals surface area (Å²) in [6.07, 6.45) is 2.05. The highest BCUT2D eigenvalue weighted by molar-refractivity contribution is 5.32. The average molecular weight is 236 g/mol. The molecule has 0 spiro atoms. The van der Waals surface area contributed by atoms with Gasteiger partial charge in [-0.05, 0) is 0 Å². The van der Waals surface area contributed by atoms with Crippen LogP contribution in [0.3, 0.4) is 0 Å². The van der Waals surface area contributed by atoms with Gasteiger partial charge in [-0.1, -0.05) is 0 Å². The first-order valence-electron chi connectivity index (χ1n) is 5.29. The van der Waals surface area contributed by atoms with E-state index in [0.29, 0.717) is 37.9 Å². The Balaban J connectivity index is 2.75. The highest BCUT2D eigenvalue weighted by Crippen LogP contribution is 2.12. The predicted octanol–water partition coefficient (Wildman–Crippen LogP) is 0.852. The molecular formula is C11H16N4O2. The lowest BCUT2D eigenvalue weighted by molar-refractivity contribution is 0.205. The molecule has 0 aliphatic rings. The van der Waals surface area contributed by atoms with Crippen LogP contribution in [0.2, 0.25) is 0 Å². The summed E-state index contributed by atoms with van der Waals surface area (Å²) in [6.45, 7) is 1.78. The summed E-state index contributed by atoms with van der Waals surface area (Å²) >= 11 is 0. The van der Waals surface area contributed by atoms with Crippen molar-refractivity contribution in [1.82, 2.24) is 9.97 Å². The number of hydrogen-bond donors (Lipinski definition) is 0. The van der Waals surface area contributed by atoms with Crippen molar-refractivity contribution in [1.29, 1.82) is 5.26 Å². The van der Waals surface area contributed by atoms with Crippen molar-refractivity contribution in [2.75, 3.05) is 38.8 Å². The molecule has 17 heavy (non-hydrogen) atoms. The molecule has 0 N–H and O–H groups in total. The number of aromatic nitrogens is 2. The van der Waals surface area contributed by atoms with E-state index in [1.807, 2.05) is 4.90 Å². The zero-order chi connectivity index (χ0) is 12.5. The van der Waals surface area contributed by atoms with Crippen LogP contribution in [0.5, 0.6) is 5.88 Å². The van der Waals surface area contributed by atoms with Crippen molar-refractivity contribution < 1.29 is 9.47 Å². The number of nitrogens with zero attached hydrogens (tertiary/aromatic N) is 4. The molecule has 0 aromatic carbocycles. The molecule has 0 unspecified atom stereocenters. The Morgan fingerprint density at radius 1 is 1.41 bits per heavy atom. The number of anilines is 1. The number of rotatable bonds is 7. The van der Waals surface area contributed by atoms with E-state index in [2.05, 4.69) is 16.0 Å². The van der Waals surface area contributed by atoms with E-state index in [0.717, 1.165) is 0 Å². The summed E-state index contributed by atoms with van der Waals surface area (Å²) in [5.41, 5.74) is 0. The summed E-state index contributed by atoms with van der Waals surface area (Å²) in [5.74, 6) is 1.06. The Bertz CT molecular complexity index is 378. The Hall–Kier alpha value is -1.87. The predicted molar refractivity (Wildman–Crippen MR) is 62.9 cm³/mol. The van der Waals surface area contributed by atoms with Gasteiger partial charge in [0.1, 0.15) is 0 Å². The van der Waals surface area contributed by atoms with Gasteiger partial charge < -0.3 is 14.4 Å². The molecule has 1 aromatic heterocycles. The molecular weight excluding hydrogens is 220 g/mol. The Morgan fingerprint density at radius 2 is 2.24 bits per heavy atom. The van der Waals surface area contributed by atoms with Crippen molar-refractivity contribution in [3.8, 4) is 11.9 Å². The molecule has 0 fully saturated rings. The highest BCUT2D eigenvalue weighted by Gasteiger charge is 2.09. The van der Waals surface area contributed by atoms with Crippen molar-refractivity contribution in [2.45, 2.75) is 6.42 Å². The van der Waals surface area contributed by atoms with E-state index < -0.39 is 0 Å². The molecule has 0 radical (unpaired) electrons. The molecule has 1 rings (SSSR count). The van der Waals surface area contributed by atoms with Gasteiger partial charge in [-0.25, -0.2) is 4.98 Å². The van der Waals surface area contributed by atoms with E-state index >= 15 is 0 Å². The lowest BCUT2D eigenvalue weighted by atomic mass is 10.4. The first kappa shape index (κ1) is 13.2. The molecule has 92 valence electrons. The van der Waals surface area contributed by atoms with Gasteiger partial charge in [-0.3, -0.25) is 0 Å². The first-order valence-corrected chi connectivity index (χ1v) is 5.29. The molecule has 6 nitrogen and oxygen atoms in total. The summed E-state index contributed by atoms with van der Waals surface area (Å²) in [5, 5.41) is 8.61. The van der Waals surface area contributed by atoms with E-state index in [9.17, 15) is 0 Å². The van der Waals surface area contributed by atoms with Crippen molar-refractivity contribution in [3.05, 3.63) is 12.3 Å². The molecule has 0 aliphatic heterocycles. The van der Waals surface area contributed by atoms with Crippen LogP contribution in [-0.2, 0) is 4.74 Å². The maximum atomic E-state index is 8.61. The number of nitriles is 1. The smallest absolute Gasteiger partial charge is 0.228 e. The lowest BCUT2D eigenvalue weighted by Gasteiger charge is -2.20. The van der Waals surface area contributed by atoms with Gasteiger partial charge in [0.15, 0.2) is 0 Å². The van der Waals surface area contributed by atoms with E-state index in [1.54, 1.807) is 26.5 Å². The first-order chi connectivity index (χ1) is 8.31. The molecule has 1 heterocycles. The van der Waals surface area contributed by atoms with Crippen LogP contribution in [0.25, 0.3) is 0 Å². The second-order valence-electron chi connectivity index (χ2n) is 3.29. The monoisotopic (exact) mass is 236 g/mol. The quantitative estimate of drug-likeness (QED) is 0.699. The molecule has 0 bridgehead atoms. The van der Waals surface area contributed by atoms with Gasteiger partial charge >= 0.3 is 0 Å². The number of hydrogen-bond acceptors (Lipinski definition) is 6. The zero-order valence-electron chi connectivity index (χ0n) is 10.1. The third-order valence-corrected chi connectivity index (χ3v) is 2.17. The van der Waals surface area contributed by atoms with Crippen LogP contribution in [-0.4, -0.2) is 43.9 Å². The molecule has 0 saturated heterocycles. The van der Waals surface area contributed by atoms with Crippen LogP contribution >= 0.6 is 0 Å². The summed E-state index contributed by atoms with van der Waals surface area (Å²) in [4.78, 5) is 10.3. The van der Waals surface area contributed by atoms with Gasteiger partial charge in [0.25, 0.3) is 0 Å². The minimum atomic E-state index is 0.421. The van der Waals surface area contributed by atoms with Crippen molar-refractivity contribution in [3.63, 3.8) is 0 Å². The van der Waals surface area contributed by atoms with Gasteiger partial charge in [0, 0.05) is 32.5 Å². The van der Waals surface area contributed by atoms with Gasteiger partial charge in [0.05, 0.1) is 26.2 Å². The molecule has 0 aliphatic carbocycles. The van der Waals surface area contributed by atoms with Gasteiger partial charge in [-0.15, -0.1) is 0 Å². The van der Waals surface area contributed by atoms with Crippen LogP contribution in [0, 0.1) is 11.3 Å². The van der Waals surface area contributed by atoms with E-state index in [4.69, 9.17) is 14.7 Å². The molecule has 0 saturated carbocycles. The number of ether oxygens (including phenoxy) is 2. The molecule has 0 atom stereocenters. The highest BCUT2D eigenvalue weighted by atomic mass is 16.5. The summed E-state index contributed by atoms with van der Waals surface area (Å²) < 4.78 is 10.1. The van der Waals surface area contributed by atoms with Crippen LogP contribution < -0.4 is 9.64 Å². The van der Waals surface area contributed by atoms with Crippen LogP contribution in [0.1, 0.15) is 6.42 Å². The van der Waals surface area contributed by atoms with E-state index in [1.165, 1.54) is 0 Å². The zero-order valence-corrected chi connectivity index (χ0v) is 10.1. The van der Waals surface area contributed by atoms with Crippen LogP contribution in [0.15, 0.2) is 12.3 Å². The fourth-order valence-electron chi connectivity index (χ4n) is 1.30. The second kappa shape index (κ2) is 7.41. The lowest BCUT2D eigenvalue weighted by Crippen LogP contribution is -2.29. The van der Waals surface area contributed by atoms with Crippen molar-refractivity contribution >= 4 is 5.95 Å². The third-order valence-electron chi connectivity index (χ3n) is 2.17. The molecule has 0 amide bonds. The Morgan fingerprint density at radius 3 is 2.88 bits per heavy atom. The van der Waals surface area contributed by atoms with Gasteiger partial charge in [0.2, 0.25) is 11.8 Å². The largest absolute Gasteiger partial charge is 0.481 e. The topological polar surface area (TPSA) is 71.3 Å². The fraction of sp³-hybridized carbons (Fsp3) is 0.545. The van der Waals surface area contributed by atoms with Gasteiger partial charge in [-0.2, -0.15) is 10.2 Å². The molecule has 1 aromatic rings. The maximum absolute atomic E-state index is 8.61. The van der Waals surface area contributed by atoms with E-state index in [-0.39, 0.29) is 0 Å². The maximum Gasteiger partial charge on any atom is 0.228 e. The number of methoxy groups -OCH3 is 2.